The maximum atomic E-state index is 12.1. The van der Waals surface area contributed by atoms with Crippen LogP contribution in [-0.4, -0.2) is 56.9 Å². The van der Waals surface area contributed by atoms with Crippen LogP contribution in [-0.2, 0) is 17.9 Å². The van der Waals surface area contributed by atoms with Crippen molar-refractivity contribution in [2.45, 2.75) is 38.2 Å². The van der Waals surface area contributed by atoms with Crippen LogP contribution in [0.2, 0.25) is 0 Å². The Morgan fingerprint density at radius 1 is 1.22 bits per heavy atom. The molecule has 0 aliphatic carbocycles. The van der Waals surface area contributed by atoms with Gasteiger partial charge in [0, 0.05) is 26.2 Å². The van der Waals surface area contributed by atoms with E-state index in [2.05, 4.69) is 32.3 Å². The summed E-state index contributed by atoms with van der Waals surface area (Å²) in [4.78, 5) is 6.57. The van der Waals surface area contributed by atoms with Gasteiger partial charge >= 0.3 is 6.18 Å². The molecule has 0 aromatic heterocycles. The number of alkyl halides is 3. The smallest absolute Gasteiger partial charge is 0.367 e. The molecule has 0 spiro atoms. The fraction of sp³-hybridized carbons (Fsp3) is 0.611. The Morgan fingerprint density at radius 2 is 1.89 bits per heavy atom. The van der Waals surface area contributed by atoms with Crippen LogP contribution < -0.4 is 10.6 Å². The third kappa shape index (κ3) is 9.11. The van der Waals surface area contributed by atoms with Crippen molar-refractivity contribution in [3.05, 3.63) is 35.4 Å². The second-order valence-corrected chi connectivity index (χ2v) is 6.51. The van der Waals surface area contributed by atoms with Crippen molar-refractivity contribution in [1.82, 2.24) is 15.5 Å². The van der Waals surface area contributed by atoms with E-state index in [9.17, 15) is 13.2 Å². The molecule has 1 fully saturated rings. The molecule has 1 saturated heterocycles. The van der Waals surface area contributed by atoms with Gasteiger partial charge in [-0.05, 0) is 37.6 Å². The molecule has 1 unspecified atom stereocenters. The summed E-state index contributed by atoms with van der Waals surface area (Å²) < 4.78 is 40.8. The number of aliphatic imine (C=N–C) groups is 1. The Hall–Kier alpha value is -1.07. The standard InChI is InChI=1S/C18H27F3N4O.HI/c1-22-17(24-11-16-4-3-9-25(16)2)23-10-14-5-7-15(8-6-14)12-26-13-18(19,20)21;/h5-8,16H,3-4,9-13H2,1-2H3,(H2,22,23,24);1H. The molecular formula is C18H28F3IN4O. The molecule has 0 bridgehead atoms. The summed E-state index contributed by atoms with van der Waals surface area (Å²) in [5, 5.41) is 6.58. The van der Waals surface area contributed by atoms with Crippen LogP contribution in [0.25, 0.3) is 0 Å². The average molecular weight is 500 g/mol. The third-order valence-electron chi connectivity index (χ3n) is 4.42. The number of benzene rings is 1. The lowest BCUT2D eigenvalue weighted by molar-refractivity contribution is -0.176. The highest BCUT2D eigenvalue weighted by Crippen LogP contribution is 2.16. The van der Waals surface area contributed by atoms with Gasteiger partial charge in [0.15, 0.2) is 5.96 Å². The zero-order chi connectivity index (χ0) is 19.0. The largest absolute Gasteiger partial charge is 0.411 e. The molecule has 1 aliphatic rings. The molecule has 0 amide bonds. The predicted molar refractivity (Wildman–Crippen MR) is 111 cm³/mol. The number of likely N-dealkylation sites (N-methyl/N-ethyl adjacent to an activating group) is 1. The van der Waals surface area contributed by atoms with E-state index in [1.54, 1.807) is 19.2 Å². The average Bonchev–Trinajstić information content (AvgIpc) is 3.00. The van der Waals surface area contributed by atoms with Gasteiger partial charge in [0.1, 0.15) is 6.61 Å². The Morgan fingerprint density at radius 3 is 2.44 bits per heavy atom. The minimum absolute atomic E-state index is 0. The van der Waals surface area contributed by atoms with E-state index in [4.69, 9.17) is 0 Å². The van der Waals surface area contributed by atoms with Crippen LogP contribution in [0.5, 0.6) is 0 Å². The molecule has 1 atom stereocenters. The molecule has 5 nitrogen and oxygen atoms in total. The fourth-order valence-electron chi connectivity index (χ4n) is 2.90. The minimum Gasteiger partial charge on any atom is -0.367 e. The SMILES string of the molecule is CN=C(NCc1ccc(COCC(F)(F)F)cc1)NCC1CCCN1C.I. The van der Waals surface area contributed by atoms with Crippen molar-refractivity contribution in [1.29, 1.82) is 0 Å². The zero-order valence-electron chi connectivity index (χ0n) is 15.7. The molecule has 0 saturated carbocycles. The van der Waals surface area contributed by atoms with Crippen LogP contribution in [0.1, 0.15) is 24.0 Å². The highest BCUT2D eigenvalue weighted by atomic mass is 127. The molecule has 2 N–H and O–H groups in total. The minimum atomic E-state index is -4.29. The third-order valence-corrected chi connectivity index (χ3v) is 4.42. The molecule has 154 valence electrons. The van der Waals surface area contributed by atoms with E-state index in [1.165, 1.54) is 12.8 Å². The first-order chi connectivity index (χ1) is 12.4. The first-order valence-electron chi connectivity index (χ1n) is 8.74. The number of ether oxygens (including phenoxy) is 1. The number of rotatable bonds is 7. The van der Waals surface area contributed by atoms with Crippen LogP contribution >= 0.6 is 24.0 Å². The summed E-state index contributed by atoms with van der Waals surface area (Å²) in [5.41, 5.74) is 1.73. The van der Waals surface area contributed by atoms with Crippen LogP contribution in [0.4, 0.5) is 13.2 Å². The monoisotopic (exact) mass is 500 g/mol. The summed E-state index contributed by atoms with van der Waals surface area (Å²) >= 11 is 0. The van der Waals surface area contributed by atoms with Crippen LogP contribution in [0.3, 0.4) is 0 Å². The second kappa shape index (κ2) is 11.7. The maximum absolute atomic E-state index is 12.1. The van der Waals surface area contributed by atoms with E-state index >= 15 is 0 Å². The lowest BCUT2D eigenvalue weighted by Gasteiger charge is -2.21. The van der Waals surface area contributed by atoms with E-state index in [0.29, 0.717) is 18.2 Å². The predicted octanol–water partition coefficient (Wildman–Crippen LogP) is 3.14. The van der Waals surface area contributed by atoms with E-state index in [0.717, 1.165) is 24.6 Å². The highest BCUT2D eigenvalue weighted by molar-refractivity contribution is 14.0. The van der Waals surface area contributed by atoms with Gasteiger partial charge < -0.3 is 20.3 Å². The van der Waals surface area contributed by atoms with E-state index in [1.807, 2.05) is 12.1 Å². The molecule has 1 heterocycles. The quantitative estimate of drug-likeness (QED) is 0.343. The van der Waals surface area contributed by atoms with Crippen molar-refractivity contribution in [3.8, 4) is 0 Å². The summed E-state index contributed by atoms with van der Waals surface area (Å²) in [5.74, 6) is 0.739. The topological polar surface area (TPSA) is 48.9 Å². The number of nitrogens with one attached hydrogen (secondary N) is 2. The van der Waals surface area contributed by atoms with Gasteiger partial charge in [0.25, 0.3) is 0 Å². The number of halogens is 4. The first kappa shape index (κ1) is 24.0. The summed E-state index contributed by atoms with van der Waals surface area (Å²) in [6.07, 6.45) is -1.87. The van der Waals surface area contributed by atoms with Crippen molar-refractivity contribution >= 4 is 29.9 Å². The Labute approximate surface area is 175 Å². The van der Waals surface area contributed by atoms with Crippen LogP contribution in [0.15, 0.2) is 29.3 Å². The van der Waals surface area contributed by atoms with Crippen molar-refractivity contribution in [2.24, 2.45) is 4.99 Å². The van der Waals surface area contributed by atoms with Gasteiger partial charge in [-0.2, -0.15) is 13.2 Å². The fourth-order valence-corrected chi connectivity index (χ4v) is 2.90. The Balaban J connectivity index is 0.00000364. The normalized spacial score (nSPS) is 18.3. The Bertz CT molecular complexity index is 581. The molecule has 1 aromatic rings. The number of nitrogens with zero attached hydrogens (tertiary/aromatic N) is 2. The summed E-state index contributed by atoms with van der Waals surface area (Å²) in [7, 11) is 3.87. The molecule has 0 radical (unpaired) electrons. The van der Waals surface area contributed by atoms with Gasteiger partial charge in [0.2, 0.25) is 0 Å². The summed E-state index contributed by atoms with van der Waals surface area (Å²) in [6.45, 7) is 1.30. The lowest BCUT2D eigenvalue weighted by Crippen LogP contribution is -2.43. The van der Waals surface area contributed by atoms with Gasteiger partial charge in [-0.15, -0.1) is 24.0 Å². The lowest BCUT2D eigenvalue weighted by atomic mass is 10.1. The molecule has 1 aliphatic heterocycles. The molecule has 2 rings (SSSR count). The van der Waals surface area contributed by atoms with Crippen molar-refractivity contribution in [2.75, 3.05) is 33.8 Å². The maximum Gasteiger partial charge on any atom is 0.411 e. The molecule has 1 aromatic carbocycles. The van der Waals surface area contributed by atoms with Crippen LogP contribution in [0, 0.1) is 0 Å². The summed E-state index contributed by atoms with van der Waals surface area (Å²) in [6, 6.07) is 7.83. The number of guanidine groups is 1. The van der Waals surface area contributed by atoms with Crippen molar-refractivity contribution in [3.63, 3.8) is 0 Å². The van der Waals surface area contributed by atoms with Gasteiger partial charge in [0.05, 0.1) is 6.61 Å². The zero-order valence-corrected chi connectivity index (χ0v) is 18.0. The number of likely N-dealkylation sites (tertiary alicyclic amines) is 1. The molecule has 27 heavy (non-hydrogen) atoms. The Kier molecular flexibility index (Phi) is 10.4. The second-order valence-electron chi connectivity index (χ2n) is 6.51. The number of hydrogen-bond donors (Lipinski definition) is 2. The van der Waals surface area contributed by atoms with Gasteiger partial charge in [-0.3, -0.25) is 4.99 Å². The highest BCUT2D eigenvalue weighted by Gasteiger charge is 2.27. The molecular weight excluding hydrogens is 472 g/mol. The van der Waals surface area contributed by atoms with Gasteiger partial charge in [-0.1, -0.05) is 24.3 Å². The molecule has 9 heteroatoms. The first-order valence-corrected chi connectivity index (χ1v) is 8.74. The number of hydrogen-bond acceptors (Lipinski definition) is 3. The van der Waals surface area contributed by atoms with Gasteiger partial charge in [-0.25, -0.2) is 0 Å². The van der Waals surface area contributed by atoms with E-state index < -0.39 is 12.8 Å². The van der Waals surface area contributed by atoms with E-state index in [-0.39, 0.29) is 30.6 Å². The van der Waals surface area contributed by atoms with Crippen molar-refractivity contribution < 1.29 is 17.9 Å².